The fourth-order valence-electron chi connectivity index (χ4n) is 4.00. The molecule has 5 nitrogen and oxygen atoms in total. The molecular weight excluding hydrogens is 328 g/mol. The van der Waals surface area contributed by atoms with Crippen LogP contribution in [0.2, 0.25) is 0 Å². The number of benzene rings is 2. The van der Waals surface area contributed by atoms with Gasteiger partial charge in [-0.15, -0.1) is 0 Å². The van der Waals surface area contributed by atoms with Crippen LogP contribution in [-0.2, 0) is 17.6 Å². The summed E-state index contributed by atoms with van der Waals surface area (Å²) in [6, 6.07) is 13.5. The minimum absolute atomic E-state index is 0.0667. The number of rotatable bonds is 3. The average Bonchev–Trinajstić information content (AvgIpc) is 3.11. The van der Waals surface area contributed by atoms with Gasteiger partial charge in [0, 0.05) is 24.2 Å². The highest BCUT2D eigenvalue weighted by atomic mass is 16.5. The van der Waals surface area contributed by atoms with Gasteiger partial charge >= 0.3 is 0 Å². The summed E-state index contributed by atoms with van der Waals surface area (Å²) in [5.74, 6) is -0.0979. The number of fused-ring (bicyclic) bond motifs is 1. The third-order valence-electron chi connectivity index (χ3n) is 5.35. The Hall–Kier alpha value is -2.66. The van der Waals surface area contributed by atoms with E-state index in [4.69, 9.17) is 10.5 Å². The highest BCUT2D eigenvalue weighted by Gasteiger charge is 2.27. The van der Waals surface area contributed by atoms with Crippen LogP contribution in [-0.4, -0.2) is 43.0 Å². The summed E-state index contributed by atoms with van der Waals surface area (Å²) < 4.78 is 5.32. The van der Waals surface area contributed by atoms with Crippen LogP contribution in [0.5, 0.6) is 0 Å². The number of amides is 2. The lowest BCUT2D eigenvalue weighted by Gasteiger charge is -2.27. The first-order chi connectivity index (χ1) is 12.6. The van der Waals surface area contributed by atoms with Crippen molar-refractivity contribution in [3.8, 4) is 0 Å². The smallest absolute Gasteiger partial charge is 0.254 e. The topological polar surface area (TPSA) is 72.6 Å². The van der Waals surface area contributed by atoms with Gasteiger partial charge in [-0.1, -0.05) is 24.3 Å². The second-order valence-electron chi connectivity index (χ2n) is 6.94. The normalized spacial score (nSPS) is 19.2. The van der Waals surface area contributed by atoms with Crippen LogP contribution in [0.15, 0.2) is 42.5 Å². The summed E-state index contributed by atoms with van der Waals surface area (Å²) in [5, 5.41) is 0. The number of carbonyl (C=O) groups is 2. The Morgan fingerprint density at radius 2 is 1.73 bits per heavy atom. The van der Waals surface area contributed by atoms with Gasteiger partial charge in [-0.05, 0) is 53.6 Å². The number of ether oxygens (including phenoxy) is 1. The molecule has 1 atom stereocenters. The van der Waals surface area contributed by atoms with Gasteiger partial charge in [-0.2, -0.15) is 0 Å². The predicted molar refractivity (Wildman–Crippen MR) is 98.3 cm³/mol. The van der Waals surface area contributed by atoms with Crippen LogP contribution in [0, 0.1) is 0 Å². The molecule has 5 heteroatoms. The highest BCUT2D eigenvalue weighted by molar-refractivity contribution is 5.95. The zero-order valence-corrected chi connectivity index (χ0v) is 14.6. The van der Waals surface area contributed by atoms with Gasteiger partial charge < -0.3 is 15.4 Å². The summed E-state index contributed by atoms with van der Waals surface area (Å²) in [4.78, 5) is 26.3. The molecule has 0 radical (unpaired) electrons. The molecule has 4 rings (SSSR count). The van der Waals surface area contributed by atoms with E-state index < -0.39 is 0 Å². The maximum Gasteiger partial charge on any atom is 0.254 e. The predicted octanol–water partition coefficient (Wildman–Crippen LogP) is 2.14. The van der Waals surface area contributed by atoms with Crippen molar-refractivity contribution in [2.24, 2.45) is 5.73 Å². The van der Waals surface area contributed by atoms with E-state index in [-0.39, 0.29) is 17.7 Å². The maximum absolute atomic E-state index is 12.7. The van der Waals surface area contributed by atoms with Gasteiger partial charge in [-0.25, -0.2) is 0 Å². The Morgan fingerprint density at radius 3 is 2.50 bits per heavy atom. The Kier molecular flexibility index (Phi) is 4.47. The minimum atomic E-state index is -0.389. The van der Waals surface area contributed by atoms with Crippen molar-refractivity contribution in [2.45, 2.75) is 18.8 Å². The van der Waals surface area contributed by atoms with Crippen molar-refractivity contribution in [1.82, 2.24) is 4.90 Å². The molecular formula is C21H22N2O3. The molecule has 1 heterocycles. The summed E-state index contributed by atoms with van der Waals surface area (Å²) in [6.07, 6.45) is 1.69. The summed E-state index contributed by atoms with van der Waals surface area (Å²) in [5.41, 5.74) is 10.3. The quantitative estimate of drug-likeness (QED) is 0.922. The van der Waals surface area contributed by atoms with Crippen LogP contribution in [0.1, 0.15) is 43.3 Å². The highest BCUT2D eigenvalue weighted by Crippen LogP contribution is 2.36. The lowest BCUT2D eigenvalue weighted by molar-refractivity contribution is 0.0303. The number of hydrogen-bond donors (Lipinski definition) is 1. The van der Waals surface area contributed by atoms with Gasteiger partial charge in [-0.3, -0.25) is 9.59 Å². The fourth-order valence-corrected chi connectivity index (χ4v) is 4.00. The average molecular weight is 350 g/mol. The zero-order chi connectivity index (χ0) is 18.1. The molecule has 134 valence electrons. The van der Waals surface area contributed by atoms with Gasteiger partial charge in [0.2, 0.25) is 5.91 Å². The zero-order valence-electron chi connectivity index (χ0n) is 14.6. The SMILES string of the molecule is NC(=O)c1ccccc1C1Cc2ccc(C(=O)N3CCOCC3)cc2C1. The van der Waals surface area contributed by atoms with Gasteiger partial charge in [0.1, 0.15) is 0 Å². The standard InChI is InChI=1S/C21H22N2O3/c22-20(24)19-4-2-1-3-18(19)17-11-14-5-6-15(12-16(14)13-17)21(25)23-7-9-26-10-8-23/h1-6,12,17H,7-11,13H2,(H2,22,24). The fraction of sp³-hybridized carbons (Fsp3) is 0.333. The molecule has 1 unspecified atom stereocenters. The Balaban J connectivity index is 1.57. The largest absolute Gasteiger partial charge is 0.378 e. The monoisotopic (exact) mass is 350 g/mol. The van der Waals surface area contributed by atoms with E-state index in [1.165, 1.54) is 11.1 Å². The second kappa shape index (κ2) is 6.92. The van der Waals surface area contributed by atoms with Crippen molar-refractivity contribution in [3.63, 3.8) is 0 Å². The molecule has 2 aliphatic rings. The molecule has 1 saturated heterocycles. The Bertz CT molecular complexity index is 856. The van der Waals surface area contributed by atoms with E-state index in [9.17, 15) is 9.59 Å². The first kappa shape index (κ1) is 16.8. The Labute approximate surface area is 152 Å². The molecule has 2 aromatic rings. The lowest BCUT2D eigenvalue weighted by atomic mass is 9.91. The molecule has 0 bridgehead atoms. The third kappa shape index (κ3) is 3.10. The van der Waals surface area contributed by atoms with E-state index in [0.717, 1.165) is 24.0 Å². The van der Waals surface area contributed by atoms with E-state index in [2.05, 4.69) is 6.07 Å². The number of morpholine rings is 1. The molecule has 26 heavy (non-hydrogen) atoms. The number of nitrogens with two attached hydrogens (primary N) is 1. The van der Waals surface area contributed by atoms with E-state index in [1.807, 2.05) is 35.2 Å². The lowest BCUT2D eigenvalue weighted by Crippen LogP contribution is -2.40. The molecule has 0 spiro atoms. The Morgan fingerprint density at radius 1 is 1.00 bits per heavy atom. The number of carbonyl (C=O) groups excluding carboxylic acids is 2. The molecule has 1 aliphatic carbocycles. The van der Waals surface area contributed by atoms with Crippen LogP contribution in [0.25, 0.3) is 0 Å². The van der Waals surface area contributed by atoms with Crippen LogP contribution in [0.3, 0.4) is 0 Å². The third-order valence-corrected chi connectivity index (χ3v) is 5.35. The van der Waals surface area contributed by atoms with E-state index in [1.54, 1.807) is 6.07 Å². The number of primary amides is 1. The van der Waals surface area contributed by atoms with Crippen molar-refractivity contribution in [3.05, 3.63) is 70.3 Å². The number of nitrogens with zero attached hydrogens (tertiary/aromatic N) is 1. The first-order valence-corrected chi connectivity index (χ1v) is 9.01. The molecule has 0 saturated carbocycles. The van der Waals surface area contributed by atoms with Crippen molar-refractivity contribution >= 4 is 11.8 Å². The van der Waals surface area contributed by atoms with Crippen LogP contribution < -0.4 is 5.73 Å². The van der Waals surface area contributed by atoms with Crippen molar-refractivity contribution < 1.29 is 14.3 Å². The molecule has 1 fully saturated rings. The van der Waals surface area contributed by atoms with Gasteiger partial charge in [0.25, 0.3) is 5.91 Å². The molecule has 2 amide bonds. The van der Waals surface area contributed by atoms with Crippen molar-refractivity contribution in [1.29, 1.82) is 0 Å². The second-order valence-corrected chi connectivity index (χ2v) is 6.94. The van der Waals surface area contributed by atoms with E-state index >= 15 is 0 Å². The van der Waals surface area contributed by atoms with Gasteiger partial charge in [0.15, 0.2) is 0 Å². The van der Waals surface area contributed by atoms with Crippen molar-refractivity contribution in [2.75, 3.05) is 26.3 Å². The number of hydrogen-bond acceptors (Lipinski definition) is 3. The molecule has 2 N–H and O–H groups in total. The summed E-state index contributed by atoms with van der Waals surface area (Å²) in [7, 11) is 0. The van der Waals surface area contributed by atoms with Gasteiger partial charge in [0.05, 0.1) is 13.2 Å². The molecule has 0 aromatic heterocycles. The molecule has 1 aliphatic heterocycles. The first-order valence-electron chi connectivity index (χ1n) is 9.01. The molecule has 2 aromatic carbocycles. The maximum atomic E-state index is 12.7. The van der Waals surface area contributed by atoms with Crippen LogP contribution >= 0.6 is 0 Å². The van der Waals surface area contributed by atoms with Crippen LogP contribution in [0.4, 0.5) is 0 Å². The summed E-state index contributed by atoms with van der Waals surface area (Å²) >= 11 is 0. The summed E-state index contributed by atoms with van der Waals surface area (Å²) in [6.45, 7) is 2.49. The minimum Gasteiger partial charge on any atom is -0.378 e. The van der Waals surface area contributed by atoms with E-state index in [0.29, 0.717) is 31.9 Å².